The van der Waals surface area contributed by atoms with Gasteiger partial charge in [-0.15, -0.1) is 0 Å². The van der Waals surface area contributed by atoms with Crippen LogP contribution in [0, 0.1) is 0 Å². The number of nitrogens with zero attached hydrogens (tertiary/aromatic N) is 7. The van der Waals surface area contributed by atoms with Crippen molar-refractivity contribution in [3.05, 3.63) is 132 Å². The van der Waals surface area contributed by atoms with Gasteiger partial charge in [0.25, 0.3) is 0 Å². The molecule has 0 amide bonds. The van der Waals surface area contributed by atoms with Gasteiger partial charge in [-0.05, 0) is 11.6 Å². The van der Waals surface area contributed by atoms with Gasteiger partial charge in [-0.2, -0.15) is 41.1 Å². The number of fused-ring (bicyclic) bond motifs is 2. The molecule has 0 aliphatic rings. The predicted octanol–water partition coefficient (Wildman–Crippen LogP) is 7.64. The number of aliphatic hydroxyl groups is 2. The maximum Gasteiger partial charge on any atom is 0.418 e. The molecule has 0 saturated heterocycles. The Hall–Kier alpha value is -5.58. The van der Waals surface area contributed by atoms with Crippen molar-refractivity contribution in [1.82, 2.24) is 34.2 Å². The van der Waals surface area contributed by atoms with Crippen LogP contribution in [0.3, 0.4) is 0 Å². The molecule has 0 saturated carbocycles. The van der Waals surface area contributed by atoms with E-state index in [-0.39, 0.29) is 16.4 Å². The molecule has 7 rings (SSSR count). The fourth-order valence-corrected chi connectivity index (χ4v) is 5.22. The minimum atomic E-state index is -4.82. The quantitative estimate of drug-likeness (QED) is 0.113. The summed E-state index contributed by atoms with van der Waals surface area (Å²) < 4.78 is 79.7. The second-order valence-corrected chi connectivity index (χ2v) is 11.4. The lowest BCUT2D eigenvalue weighted by Crippen LogP contribution is -2.20. The minimum absolute atomic E-state index is 0.0649. The van der Waals surface area contributed by atoms with Crippen molar-refractivity contribution in [3.8, 4) is 22.5 Å². The largest absolute Gasteiger partial charge is 0.418 e. The van der Waals surface area contributed by atoms with Gasteiger partial charge >= 0.3 is 12.4 Å². The van der Waals surface area contributed by atoms with Gasteiger partial charge in [0.1, 0.15) is 11.0 Å². The molecule has 51 heavy (non-hydrogen) atoms. The number of pyridine rings is 1. The molecule has 262 valence electrons. The zero-order chi connectivity index (χ0) is 36.3. The van der Waals surface area contributed by atoms with Gasteiger partial charge in [-0.3, -0.25) is 4.98 Å². The zero-order valence-corrected chi connectivity index (χ0v) is 26.7. The van der Waals surface area contributed by atoms with Crippen molar-refractivity contribution in [2.24, 2.45) is 0 Å². The van der Waals surface area contributed by atoms with Crippen molar-refractivity contribution in [2.45, 2.75) is 31.1 Å². The first kappa shape index (κ1) is 35.3. The molecule has 0 aliphatic heterocycles. The highest BCUT2D eigenvalue weighted by Gasteiger charge is 2.42. The molecule has 10 nitrogen and oxygen atoms in total. The fraction of sp³-hybridized carbons (Fsp3) is 0.147. The highest BCUT2D eigenvalue weighted by Crippen LogP contribution is 2.37. The molecule has 5 aromatic heterocycles. The lowest BCUT2D eigenvalue weighted by atomic mass is 10.1. The number of anilines is 1. The smallest absolute Gasteiger partial charge is 0.379 e. The highest BCUT2D eigenvalue weighted by atomic mass is 35.5. The number of aliphatic hydroxyl groups excluding tert-OH is 2. The Labute approximate surface area is 289 Å². The molecule has 0 fully saturated rings. The molecule has 2 atom stereocenters. The number of benzene rings is 2. The van der Waals surface area contributed by atoms with E-state index in [9.17, 15) is 36.6 Å². The summed E-state index contributed by atoms with van der Waals surface area (Å²) in [6, 6.07) is 24.8. The summed E-state index contributed by atoms with van der Waals surface area (Å²) in [5.41, 5.74) is 2.14. The summed E-state index contributed by atoms with van der Waals surface area (Å²) >= 11 is 6.04. The van der Waals surface area contributed by atoms with Crippen molar-refractivity contribution in [2.75, 3.05) is 5.32 Å². The van der Waals surface area contributed by atoms with E-state index in [1.807, 2.05) is 24.3 Å². The Morgan fingerprint density at radius 1 is 0.667 bits per heavy atom. The maximum absolute atomic E-state index is 13.1. The third kappa shape index (κ3) is 7.77. The summed E-state index contributed by atoms with van der Waals surface area (Å²) in [6.45, 7) is 0.387. The monoisotopic (exact) mass is 726 g/mol. The number of nitrogens with one attached hydrogen (secondary N) is 1. The Morgan fingerprint density at radius 3 is 1.69 bits per heavy atom. The number of hydrogen-bond acceptors (Lipinski definition) is 8. The number of hydrogen-bond donors (Lipinski definition) is 3. The van der Waals surface area contributed by atoms with Gasteiger partial charge < -0.3 is 15.5 Å². The second kappa shape index (κ2) is 14.3. The van der Waals surface area contributed by atoms with Crippen LogP contribution in [-0.2, 0) is 6.54 Å². The summed E-state index contributed by atoms with van der Waals surface area (Å²) in [6.07, 6.45) is -9.72. The number of rotatable bonds is 7. The molecule has 3 N–H and O–H groups in total. The Bertz CT molecular complexity index is 2250. The van der Waals surface area contributed by atoms with E-state index in [2.05, 4.69) is 30.5 Å². The molecule has 0 aliphatic carbocycles. The van der Waals surface area contributed by atoms with Gasteiger partial charge in [0.15, 0.2) is 23.5 Å². The minimum Gasteiger partial charge on any atom is -0.379 e. The summed E-state index contributed by atoms with van der Waals surface area (Å²) in [7, 11) is 0. The molecular weight excluding hydrogens is 702 g/mol. The Kier molecular flexibility index (Phi) is 9.91. The van der Waals surface area contributed by atoms with Crippen molar-refractivity contribution < 1.29 is 36.6 Å². The SMILES string of the molecule is OC(c1cnn2c(Cl)cc(-c3ccccc3)nc12)C(F)(F)F.OC(c1cnn2c(NCc3cccnc3)cc(-c3ccccc3)nc12)C(F)(F)F. The third-order valence-corrected chi connectivity index (χ3v) is 7.77. The number of alkyl halides is 6. The van der Waals surface area contributed by atoms with Crippen molar-refractivity contribution >= 4 is 28.7 Å². The average Bonchev–Trinajstić information content (AvgIpc) is 3.76. The highest BCUT2D eigenvalue weighted by molar-refractivity contribution is 6.30. The van der Waals surface area contributed by atoms with Crippen molar-refractivity contribution in [3.63, 3.8) is 0 Å². The van der Waals surface area contributed by atoms with Crippen LogP contribution >= 0.6 is 11.6 Å². The first-order chi connectivity index (χ1) is 24.3. The van der Waals surface area contributed by atoms with E-state index < -0.39 is 35.7 Å². The lowest BCUT2D eigenvalue weighted by molar-refractivity contribution is -0.206. The molecule has 0 spiro atoms. The van der Waals surface area contributed by atoms with Gasteiger partial charge in [0.05, 0.1) is 34.9 Å². The molecular formula is C34H25ClF6N8O2. The van der Waals surface area contributed by atoms with E-state index in [0.29, 0.717) is 29.3 Å². The maximum atomic E-state index is 13.1. The van der Waals surface area contributed by atoms with Crippen molar-refractivity contribution in [1.29, 1.82) is 0 Å². The van der Waals surface area contributed by atoms with E-state index in [4.69, 9.17) is 11.6 Å². The number of aromatic nitrogens is 7. The van der Waals surface area contributed by atoms with E-state index in [0.717, 1.165) is 28.0 Å². The first-order valence-electron chi connectivity index (χ1n) is 15.0. The standard InChI is InChI=1S/C20H16F3N5O.C14H9ClF3N3O/c21-20(22,23)18(29)15-12-26-28-17(25-11-13-5-4-8-24-10-13)9-16(27-19(15)28)14-6-2-1-3-7-14;15-11-6-10(8-4-2-1-3-5-8)20-13-9(7-19-21(11)13)12(22)14(16,17)18/h1-10,12,18,25,29H,11H2;1-7,12,22H. The lowest BCUT2D eigenvalue weighted by Gasteiger charge is -2.14. The molecule has 2 aromatic carbocycles. The summed E-state index contributed by atoms with van der Waals surface area (Å²) in [5.74, 6) is 0.443. The van der Waals surface area contributed by atoms with Crippen LogP contribution in [0.15, 0.2) is 110 Å². The van der Waals surface area contributed by atoms with Crippen LogP contribution in [0.4, 0.5) is 32.2 Å². The predicted molar refractivity (Wildman–Crippen MR) is 175 cm³/mol. The molecule has 0 bridgehead atoms. The van der Waals surface area contributed by atoms with Gasteiger partial charge in [-0.1, -0.05) is 78.3 Å². The normalized spacial score (nSPS) is 13.1. The summed E-state index contributed by atoms with van der Waals surface area (Å²) in [5, 5.41) is 30.2. The average molecular weight is 727 g/mol. The van der Waals surface area contributed by atoms with Gasteiger partial charge in [-0.25, -0.2) is 14.5 Å². The topological polar surface area (TPSA) is 126 Å². The van der Waals surface area contributed by atoms with Crippen LogP contribution in [0.2, 0.25) is 5.15 Å². The van der Waals surface area contributed by atoms with Crippen LogP contribution in [0.1, 0.15) is 28.9 Å². The Balaban J connectivity index is 0.000000183. The third-order valence-electron chi connectivity index (χ3n) is 7.50. The van der Waals surface area contributed by atoms with E-state index in [1.165, 1.54) is 10.6 Å². The second-order valence-electron chi connectivity index (χ2n) is 11.0. The fourth-order valence-electron chi connectivity index (χ4n) is 5.00. The summed E-state index contributed by atoms with van der Waals surface area (Å²) in [4.78, 5) is 12.5. The molecule has 2 unspecified atom stereocenters. The van der Waals surface area contributed by atoms with E-state index >= 15 is 0 Å². The van der Waals surface area contributed by atoms with Crippen LogP contribution in [-0.4, -0.2) is 56.7 Å². The van der Waals surface area contributed by atoms with Gasteiger partial charge in [0, 0.05) is 42.2 Å². The molecule has 7 aromatic rings. The zero-order valence-electron chi connectivity index (χ0n) is 25.9. The van der Waals surface area contributed by atoms with Gasteiger partial charge in [0.2, 0.25) is 0 Å². The van der Waals surface area contributed by atoms with Crippen LogP contribution in [0.25, 0.3) is 33.8 Å². The molecule has 17 heteroatoms. The van der Waals surface area contributed by atoms with Crippen LogP contribution in [0.5, 0.6) is 0 Å². The molecule has 0 radical (unpaired) electrons. The Morgan fingerprint density at radius 2 is 1.18 bits per heavy atom. The number of halogens is 7. The van der Waals surface area contributed by atoms with Crippen LogP contribution < -0.4 is 5.32 Å². The first-order valence-corrected chi connectivity index (χ1v) is 15.3. The van der Waals surface area contributed by atoms with E-state index in [1.54, 1.807) is 67.0 Å². The molecule has 5 heterocycles.